The highest BCUT2D eigenvalue weighted by molar-refractivity contribution is 14.1. The topological polar surface area (TPSA) is 91.8 Å². The summed E-state index contributed by atoms with van der Waals surface area (Å²) in [7, 11) is 0. The van der Waals surface area contributed by atoms with Crippen molar-refractivity contribution in [2.75, 3.05) is 10.4 Å². The quantitative estimate of drug-likeness (QED) is 0.0830. The molecule has 2 aromatic carbocycles. The molecular weight excluding hydrogens is 787 g/mol. The van der Waals surface area contributed by atoms with Gasteiger partial charge in [0.1, 0.15) is 5.69 Å². The zero-order valence-electron chi connectivity index (χ0n) is 21.4. The molecule has 3 aromatic rings. The normalized spacial score (nSPS) is 14.0. The molecule has 0 aliphatic carbocycles. The highest BCUT2D eigenvalue weighted by Gasteiger charge is 2.81. The van der Waals surface area contributed by atoms with Crippen molar-refractivity contribution in [2.45, 2.75) is 30.3 Å². The number of pyridine rings is 1. The molecule has 0 saturated carbocycles. The van der Waals surface area contributed by atoms with E-state index in [2.05, 4.69) is 9.72 Å². The average molecular weight is 797 g/mol. The van der Waals surface area contributed by atoms with Gasteiger partial charge in [-0.1, -0.05) is 6.07 Å². The Balaban J connectivity index is 2.12. The molecule has 46 heavy (non-hydrogen) atoms. The molecule has 1 aromatic heterocycles. The Morgan fingerprint density at radius 3 is 1.98 bits per heavy atom. The van der Waals surface area contributed by atoms with Crippen molar-refractivity contribution in [3.8, 4) is 5.75 Å². The second-order valence-corrected chi connectivity index (χ2v) is 9.85. The molecule has 0 radical (unpaired) electrons. The molecule has 0 fully saturated rings. The summed E-state index contributed by atoms with van der Waals surface area (Å²) in [6, 6.07) is 2.36. The zero-order valence-corrected chi connectivity index (χ0v) is 23.5. The number of benzene rings is 2. The molecule has 0 aliphatic rings. The monoisotopic (exact) mass is 797 g/mol. The molecular formula is C24H10F14IN3O4. The minimum absolute atomic E-state index is 0.392. The van der Waals surface area contributed by atoms with Crippen molar-refractivity contribution < 1.29 is 81.0 Å². The summed E-state index contributed by atoms with van der Waals surface area (Å²) in [4.78, 5) is 28.4. The molecule has 250 valence electrons. The van der Waals surface area contributed by atoms with E-state index in [1.165, 1.54) is 5.32 Å². The summed E-state index contributed by atoms with van der Waals surface area (Å²) in [5, 5.41) is 11.3. The van der Waals surface area contributed by atoms with Gasteiger partial charge in [-0.3, -0.25) is 14.8 Å². The van der Waals surface area contributed by atoms with Crippen molar-refractivity contribution in [1.29, 1.82) is 0 Å². The number of anilines is 2. The van der Waals surface area contributed by atoms with Gasteiger partial charge >= 0.3 is 30.3 Å². The van der Waals surface area contributed by atoms with E-state index >= 15 is 4.39 Å². The first-order chi connectivity index (χ1) is 20.8. The molecule has 3 rings (SSSR count). The Morgan fingerprint density at radius 1 is 0.870 bits per heavy atom. The first kappa shape index (κ1) is 36.5. The summed E-state index contributed by atoms with van der Waals surface area (Å²) in [5.74, 6) is -15.5. The Hall–Kier alpha value is -3.96. The number of hydrogen-bond acceptors (Lipinski definition) is 5. The molecule has 1 unspecified atom stereocenters. The van der Waals surface area contributed by atoms with Crippen molar-refractivity contribution in [3.05, 3.63) is 80.7 Å². The average Bonchev–Trinajstić information content (AvgIpc) is 2.91. The highest BCUT2D eigenvalue weighted by Crippen LogP contribution is 2.59. The molecule has 0 bridgehead atoms. The predicted molar refractivity (Wildman–Crippen MR) is 133 cm³/mol. The predicted octanol–water partition coefficient (Wildman–Crippen LogP) is 8.08. The van der Waals surface area contributed by atoms with Crippen LogP contribution in [-0.2, 0) is 5.67 Å². The first-order valence-corrected chi connectivity index (χ1v) is 12.5. The molecule has 1 atom stereocenters. The van der Waals surface area contributed by atoms with Crippen molar-refractivity contribution >= 4 is 45.8 Å². The van der Waals surface area contributed by atoms with Gasteiger partial charge in [0, 0.05) is 15.3 Å². The van der Waals surface area contributed by atoms with E-state index in [9.17, 15) is 71.9 Å². The molecule has 22 heteroatoms. The van der Waals surface area contributed by atoms with E-state index in [0.29, 0.717) is 24.4 Å². The van der Waals surface area contributed by atoms with E-state index in [0.717, 1.165) is 34.7 Å². The largest absolute Gasteiger partial charge is 0.573 e. The van der Waals surface area contributed by atoms with Crippen LogP contribution in [0.25, 0.3) is 0 Å². The lowest BCUT2D eigenvalue weighted by Crippen LogP contribution is -2.59. The fraction of sp³-hybridized carbons (Fsp3) is 0.208. The third-order valence-corrected chi connectivity index (χ3v) is 6.56. The fourth-order valence-electron chi connectivity index (χ4n) is 3.60. The third-order valence-electron chi connectivity index (χ3n) is 5.71. The van der Waals surface area contributed by atoms with Gasteiger partial charge in [0.25, 0.3) is 11.8 Å². The summed E-state index contributed by atoms with van der Waals surface area (Å²) in [5.41, 5.74) is -13.6. The Morgan fingerprint density at radius 2 is 1.48 bits per heavy atom. The Kier molecular flexibility index (Phi) is 9.79. The van der Waals surface area contributed by atoms with Gasteiger partial charge in [-0.25, -0.2) is 13.8 Å². The van der Waals surface area contributed by atoms with Gasteiger partial charge in [0.15, 0.2) is 11.6 Å². The van der Waals surface area contributed by atoms with Crippen LogP contribution in [0.4, 0.5) is 72.8 Å². The van der Waals surface area contributed by atoms with E-state index < -0.39 is 108 Å². The number of amides is 2. The van der Waals surface area contributed by atoms with Gasteiger partial charge in [-0.15, -0.1) is 13.2 Å². The van der Waals surface area contributed by atoms with Crippen LogP contribution in [0.15, 0.2) is 48.7 Å². The minimum atomic E-state index is -7.28. The van der Waals surface area contributed by atoms with Crippen molar-refractivity contribution in [1.82, 2.24) is 4.98 Å². The van der Waals surface area contributed by atoms with Gasteiger partial charge in [-0.05, 0) is 59.0 Å². The number of nitrogens with one attached hydrogen (secondary N) is 1. The van der Waals surface area contributed by atoms with Crippen LogP contribution in [0.1, 0.15) is 26.3 Å². The lowest BCUT2D eigenvalue weighted by molar-refractivity contribution is -0.389. The lowest BCUT2D eigenvalue weighted by Gasteiger charge is -2.36. The summed E-state index contributed by atoms with van der Waals surface area (Å²) in [6.45, 7) is 0. The molecule has 2 amide bonds. The SMILES string of the molecule is O=C(Nc1c(I)cc(C(F)(C(F)(F)F)C(F)(F)C(F)(F)F)cc1OC(F)(F)F)c1cccc(N(O)C(=O)c2ccc(F)nc2)c1F. The number of halogens is 15. The Labute approximate surface area is 258 Å². The minimum Gasteiger partial charge on any atom is -0.404 e. The molecule has 1 heterocycles. The molecule has 7 nitrogen and oxygen atoms in total. The number of ether oxygens (including phenoxy) is 1. The van der Waals surface area contributed by atoms with Crippen LogP contribution in [0, 0.1) is 15.3 Å². The molecule has 0 saturated heterocycles. The number of nitrogens with zero attached hydrogens (tertiary/aromatic N) is 2. The van der Waals surface area contributed by atoms with Crippen LogP contribution >= 0.6 is 22.6 Å². The Bertz CT molecular complexity index is 1650. The van der Waals surface area contributed by atoms with E-state index in [4.69, 9.17) is 0 Å². The number of carbonyl (C=O) groups excluding carboxylic acids is 2. The van der Waals surface area contributed by atoms with Gasteiger partial charge in [-0.2, -0.15) is 44.6 Å². The van der Waals surface area contributed by atoms with Crippen LogP contribution in [-0.4, -0.2) is 46.6 Å². The van der Waals surface area contributed by atoms with Crippen molar-refractivity contribution in [2.24, 2.45) is 0 Å². The maximum atomic E-state index is 15.2. The third kappa shape index (κ3) is 6.90. The van der Waals surface area contributed by atoms with Crippen LogP contribution in [0.5, 0.6) is 5.75 Å². The number of rotatable bonds is 7. The molecule has 0 spiro atoms. The van der Waals surface area contributed by atoms with Gasteiger partial charge in [0.05, 0.1) is 16.8 Å². The van der Waals surface area contributed by atoms with E-state index in [1.807, 2.05) is 0 Å². The first-order valence-electron chi connectivity index (χ1n) is 11.4. The van der Waals surface area contributed by atoms with Gasteiger partial charge in [0.2, 0.25) is 5.95 Å². The standard InChI is InChI=1S/C24H10F14IN3O4/c25-15-5-4-9(8-40-15)19(44)42(45)13-3-1-2-11(16(13)26)18(43)41-17-12(39)6-10(7-14(17)46-24(36,37)38)20(27,22(30,31)32)21(28,29)23(33,34)35/h1-8,45H,(H,41,43). The van der Waals surface area contributed by atoms with E-state index in [1.54, 1.807) is 0 Å². The maximum Gasteiger partial charge on any atom is 0.573 e. The van der Waals surface area contributed by atoms with Gasteiger partial charge < -0.3 is 10.1 Å². The maximum absolute atomic E-state index is 15.2. The number of hydrogen-bond donors (Lipinski definition) is 2. The molecule has 0 aliphatic heterocycles. The summed E-state index contributed by atoms with van der Waals surface area (Å²) in [6.07, 6.45) is -19.6. The van der Waals surface area contributed by atoms with Crippen LogP contribution < -0.4 is 15.1 Å². The summed E-state index contributed by atoms with van der Waals surface area (Å²) >= 11 is 0.735. The van der Waals surface area contributed by atoms with Crippen LogP contribution in [0.3, 0.4) is 0 Å². The number of aromatic nitrogens is 1. The van der Waals surface area contributed by atoms with Crippen LogP contribution in [0.2, 0.25) is 0 Å². The highest BCUT2D eigenvalue weighted by atomic mass is 127. The van der Waals surface area contributed by atoms with E-state index in [-0.39, 0.29) is 0 Å². The second-order valence-electron chi connectivity index (χ2n) is 8.69. The number of hydroxylamine groups is 1. The number of alkyl halides is 12. The number of carbonyl (C=O) groups is 2. The zero-order chi connectivity index (χ0) is 35.2. The smallest absolute Gasteiger partial charge is 0.404 e. The second kappa shape index (κ2) is 12.3. The van der Waals surface area contributed by atoms with Crippen molar-refractivity contribution in [3.63, 3.8) is 0 Å². The lowest BCUT2D eigenvalue weighted by atomic mass is 9.87. The molecule has 2 N–H and O–H groups in total. The fourth-order valence-corrected chi connectivity index (χ4v) is 4.33. The summed E-state index contributed by atoms with van der Waals surface area (Å²) < 4.78 is 192.